The summed E-state index contributed by atoms with van der Waals surface area (Å²) in [5.41, 5.74) is -0.152. The molecule has 1 saturated heterocycles. The van der Waals surface area contributed by atoms with Gasteiger partial charge in [-0.1, -0.05) is 0 Å². The summed E-state index contributed by atoms with van der Waals surface area (Å²) in [6.45, 7) is 3.43. The van der Waals surface area contributed by atoms with Crippen molar-refractivity contribution in [2.24, 2.45) is 0 Å². The van der Waals surface area contributed by atoms with Crippen molar-refractivity contribution in [3.63, 3.8) is 0 Å². The molecule has 3 heteroatoms. The highest BCUT2D eigenvalue weighted by Crippen LogP contribution is 2.25. The predicted octanol–water partition coefficient (Wildman–Crippen LogP) is -0.0517. The van der Waals surface area contributed by atoms with Crippen molar-refractivity contribution in [3.8, 4) is 0 Å². The van der Waals surface area contributed by atoms with E-state index in [0.717, 1.165) is 0 Å². The van der Waals surface area contributed by atoms with Crippen LogP contribution in [0.3, 0.4) is 0 Å². The Morgan fingerprint density at radius 3 is 3.00 bits per heavy atom. The molecular weight excluding hydrogens is 108 g/mol. The van der Waals surface area contributed by atoms with Crippen molar-refractivity contribution in [3.05, 3.63) is 0 Å². The van der Waals surface area contributed by atoms with Crippen molar-refractivity contribution in [2.45, 2.75) is 12.5 Å². The molecule has 0 saturated carbocycles. The lowest BCUT2D eigenvalue weighted by Crippen LogP contribution is -2.13. The molecule has 0 N–H and O–H groups in total. The van der Waals surface area contributed by atoms with Gasteiger partial charge in [-0.15, -0.1) is 0 Å². The van der Waals surface area contributed by atoms with E-state index in [4.69, 9.17) is 4.74 Å². The smallest absolute Gasteiger partial charge is 0.293 e. The van der Waals surface area contributed by atoms with E-state index >= 15 is 0 Å². The second-order valence-corrected chi connectivity index (χ2v) is 2.15. The predicted molar refractivity (Wildman–Crippen MR) is 26.4 cm³/mol. The highest BCUT2D eigenvalue weighted by molar-refractivity contribution is 5.37. The molecule has 1 fully saturated rings. The third-order valence-corrected chi connectivity index (χ3v) is 1.09. The van der Waals surface area contributed by atoms with Crippen LogP contribution >= 0.6 is 0 Å². The fourth-order valence-electron chi connectivity index (χ4n) is 0.417. The van der Waals surface area contributed by atoms with E-state index in [-0.39, 0.29) is 5.60 Å². The van der Waals surface area contributed by atoms with Crippen molar-refractivity contribution in [2.75, 3.05) is 13.2 Å². The highest BCUT2D eigenvalue weighted by Gasteiger charge is 2.39. The lowest BCUT2D eigenvalue weighted by Gasteiger charge is -1.99. The van der Waals surface area contributed by atoms with Crippen molar-refractivity contribution in [1.29, 1.82) is 0 Å². The number of hydrogen-bond donors (Lipinski definition) is 0. The number of hydrogen-bond acceptors (Lipinski definition) is 3. The van der Waals surface area contributed by atoms with Gasteiger partial charge in [0.25, 0.3) is 6.47 Å². The molecule has 0 spiro atoms. The fraction of sp³-hybridized carbons (Fsp3) is 0.800. The van der Waals surface area contributed by atoms with Crippen LogP contribution in [0.4, 0.5) is 0 Å². The van der Waals surface area contributed by atoms with Crippen LogP contribution in [-0.2, 0) is 14.3 Å². The number of carbonyl (C=O) groups is 1. The maximum absolute atomic E-state index is 9.60. The Balaban J connectivity index is 2.09. The molecule has 0 radical (unpaired) electrons. The third-order valence-electron chi connectivity index (χ3n) is 1.09. The average molecular weight is 116 g/mol. The first-order valence-corrected chi connectivity index (χ1v) is 2.46. The molecule has 0 aromatic rings. The Hall–Kier alpha value is -0.570. The van der Waals surface area contributed by atoms with Gasteiger partial charge < -0.3 is 9.47 Å². The van der Waals surface area contributed by atoms with E-state index in [1.165, 1.54) is 0 Å². The number of carbonyl (C=O) groups excluding carboxylic acids is 1. The quantitative estimate of drug-likeness (QED) is 0.383. The molecule has 0 aromatic heterocycles. The van der Waals surface area contributed by atoms with E-state index in [0.29, 0.717) is 19.7 Å². The zero-order valence-corrected chi connectivity index (χ0v) is 4.72. The second kappa shape index (κ2) is 1.74. The molecule has 1 rings (SSSR count). The van der Waals surface area contributed by atoms with Crippen LogP contribution < -0.4 is 0 Å². The first-order valence-electron chi connectivity index (χ1n) is 2.46. The molecule has 0 amide bonds. The first-order chi connectivity index (χ1) is 3.77. The number of rotatable bonds is 3. The van der Waals surface area contributed by atoms with E-state index in [9.17, 15) is 4.79 Å². The molecule has 1 heterocycles. The van der Waals surface area contributed by atoms with Crippen LogP contribution in [0.2, 0.25) is 0 Å². The molecule has 3 nitrogen and oxygen atoms in total. The van der Waals surface area contributed by atoms with E-state index < -0.39 is 0 Å². The largest absolute Gasteiger partial charge is 0.465 e. The molecule has 0 bridgehead atoms. The van der Waals surface area contributed by atoms with Crippen molar-refractivity contribution in [1.82, 2.24) is 0 Å². The van der Waals surface area contributed by atoms with Crippen LogP contribution in [0, 0.1) is 0 Å². The van der Waals surface area contributed by atoms with Gasteiger partial charge >= 0.3 is 0 Å². The molecule has 0 aliphatic carbocycles. The number of ether oxygens (including phenoxy) is 2. The Bertz CT molecular complexity index is 95.8. The minimum Gasteiger partial charge on any atom is -0.465 e. The summed E-state index contributed by atoms with van der Waals surface area (Å²) >= 11 is 0. The average Bonchev–Trinajstić information content (AvgIpc) is 2.45. The molecule has 1 unspecified atom stereocenters. The van der Waals surface area contributed by atoms with Gasteiger partial charge in [-0.2, -0.15) is 0 Å². The van der Waals surface area contributed by atoms with E-state index in [1.807, 2.05) is 6.92 Å². The maximum Gasteiger partial charge on any atom is 0.293 e. The minimum absolute atomic E-state index is 0.152. The Morgan fingerprint density at radius 1 is 2.00 bits per heavy atom. The molecule has 1 aliphatic heterocycles. The van der Waals surface area contributed by atoms with Gasteiger partial charge in [-0.3, -0.25) is 4.79 Å². The van der Waals surface area contributed by atoms with Crippen LogP contribution in [0.15, 0.2) is 0 Å². The van der Waals surface area contributed by atoms with Crippen molar-refractivity contribution < 1.29 is 14.3 Å². The lowest BCUT2D eigenvalue weighted by atomic mass is 10.2. The van der Waals surface area contributed by atoms with Gasteiger partial charge in [0.2, 0.25) is 0 Å². The summed E-state index contributed by atoms with van der Waals surface area (Å²) in [4.78, 5) is 9.60. The van der Waals surface area contributed by atoms with Gasteiger partial charge in [0, 0.05) is 0 Å². The Labute approximate surface area is 47.6 Å². The van der Waals surface area contributed by atoms with Crippen molar-refractivity contribution >= 4 is 6.47 Å². The number of epoxide rings is 1. The molecule has 1 aliphatic rings. The van der Waals surface area contributed by atoms with Crippen LogP contribution in [0.1, 0.15) is 6.92 Å². The highest BCUT2D eigenvalue weighted by atomic mass is 16.6. The Kier molecular flexibility index (Phi) is 1.21. The second-order valence-electron chi connectivity index (χ2n) is 2.15. The van der Waals surface area contributed by atoms with E-state index in [1.54, 1.807) is 0 Å². The minimum atomic E-state index is -0.152. The third kappa shape index (κ3) is 1.20. The molecule has 46 valence electrons. The van der Waals surface area contributed by atoms with Gasteiger partial charge in [0.05, 0.1) is 6.61 Å². The van der Waals surface area contributed by atoms with E-state index in [2.05, 4.69) is 4.74 Å². The SMILES string of the molecule is CC1(COC=O)CO1. The Morgan fingerprint density at radius 2 is 2.62 bits per heavy atom. The first kappa shape index (κ1) is 5.56. The van der Waals surface area contributed by atoms with Crippen LogP contribution in [0.25, 0.3) is 0 Å². The summed E-state index contributed by atoms with van der Waals surface area (Å²) in [5, 5.41) is 0. The molecule has 1 atom stereocenters. The molecule has 0 aromatic carbocycles. The monoisotopic (exact) mass is 116 g/mol. The van der Waals surface area contributed by atoms with Gasteiger partial charge in [0.1, 0.15) is 12.2 Å². The summed E-state index contributed by atoms with van der Waals surface area (Å²) in [7, 11) is 0. The molecular formula is C5H8O3. The normalized spacial score (nSPS) is 34.1. The van der Waals surface area contributed by atoms with Gasteiger partial charge in [-0.25, -0.2) is 0 Å². The summed E-state index contributed by atoms with van der Waals surface area (Å²) in [6, 6.07) is 0. The topological polar surface area (TPSA) is 38.8 Å². The lowest BCUT2D eigenvalue weighted by molar-refractivity contribution is -0.130. The van der Waals surface area contributed by atoms with Crippen LogP contribution in [0.5, 0.6) is 0 Å². The summed E-state index contributed by atoms with van der Waals surface area (Å²) in [5.74, 6) is 0. The summed E-state index contributed by atoms with van der Waals surface area (Å²) < 4.78 is 9.37. The summed E-state index contributed by atoms with van der Waals surface area (Å²) in [6.07, 6.45) is 0. The zero-order chi connectivity index (χ0) is 6.04. The standard InChI is InChI=1S/C5H8O3/c1-5(3-8-5)2-7-4-6/h4H,2-3H2,1H3. The maximum atomic E-state index is 9.60. The van der Waals surface area contributed by atoms with Crippen LogP contribution in [-0.4, -0.2) is 25.3 Å². The fourth-order valence-corrected chi connectivity index (χ4v) is 0.417. The van der Waals surface area contributed by atoms with Gasteiger partial charge in [-0.05, 0) is 6.92 Å². The zero-order valence-electron chi connectivity index (χ0n) is 4.72. The van der Waals surface area contributed by atoms with Gasteiger partial charge in [0.15, 0.2) is 0 Å². The molecule has 8 heavy (non-hydrogen) atoms.